The minimum Gasteiger partial charge on any atom is -0.455 e. The van der Waals surface area contributed by atoms with E-state index in [9.17, 15) is 4.79 Å². The van der Waals surface area contributed by atoms with E-state index >= 15 is 0 Å². The van der Waals surface area contributed by atoms with Crippen LogP contribution in [0.25, 0.3) is 33.3 Å². The van der Waals surface area contributed by atoms with Crippen LogP contribution in [-0.2, 0) is 7.05 Å². The van der Waals surface area contributed by atoms with Crippen LogP contribution < -0.4 is 4.74 Å². The summed E-state index contributed by atoms with van der Waals surface area (Å²) in [4.78, 5) is 19.0. The van der Waals surface area contributed by atoms with E-state index in [0.29, 0.717) is 27.6 Å². The second-order valence-electron chi connectivity index (χ2n) is 6.65. The summed E-state index contributed by atoms with van der Waals surface area (Å²) in [5, 5.41) is 6.20. The van der Waals surface area contributed by atoms with E-state index in [1.165, 1.54) is 0 Å². The molecule has 5 aromatic rings. The van der Waals surface area contributed by atoms with Crippen molar-refractivity contribution in [3.63, 3.8) is 0 Å². The van der Waals surface area contributed by atoms with Crippen LogP contribution in [0.1, 0.15) is 10.4 Å². The lowest BCUT2D eigenvalue weighted by atomic mass is 10.1. The van der Waals surface area contributed by atoms with Crippen LogP contribution in [-0.4, -0.2) is 26.0 Å². The number of pyridine rings is 1. The molecular formula is C22H15ClN4O2. The van der Waals surface area contributed by atoms with Crippen LogP contribution in [0.5, 0.6) is 11.5 Å². The summed E-state index contributed by atoms with van der Waals surface area (Å²) >= 11 is 6.07. The number of aromatic amines is 1. The molecule has 29 heavy (non-hydrogen) atoms. The molecule has 0 fully saturated rings. The Morgan fingerprint density at radius 3 is 2.83 bits per heavy atom. The van der Waals surface area contributed by atoms with Gasteiger partial charge in [-0.2, -0.15) is 5.10 Å². The van der Waals surface area contributed by atoms with Gasteiger partial charge in [-0.05, 0) is 36.4 Å². The fourth-order valence-electron chi connectivity index (χ4n) is 3.52. The molecule has 0 aliphatic heterocycles. The smallest absolute Gasteiger partial charge is 0.155 e. The maximum Gasteiger partial charge on any atom is 0.155 e. The number of ether oxygens (including phenoxy) is 1. The summed E-state index contributed by atoms with van der Waals surface area (Å²) in [6.07, 6.45) is 2.45. The zero-order valence-corrected chi connectivity index (χ0v) is 16.1. The minimum atomic E-state index is 0.567. The van der Waals surface area contributed by atoms with Crippen molar-refractivity contribution in [3.05, 3.63) is 71.4 Å². The molecule has 6 nitrogen and oxygen atoms in total. The first-order valence-corrected chi connectivity index (χ1v) is 9.34. The number of carbonyl (C=O) groups is 1. The molecule has 3 aromatic heterocycles. The Hall–Kier alpha value is -3.64. The van der Waals surface area contributed by atoms with Crippen molar-refractivity contribution >= 4 is 39.8 Å². The lowest BCUT2D eigenvalue weighted by molar-refractivity contribution is 0.112. The number of H-pyrrole nitrogens is 1. The SMILES string of the molecule is Cn1nc2c(Oc3cccc(Cl)c3)cccc2c1-c1cc2nccc(C=O)c2[nH]1. The fourth-order valence-corrected chi connectivity index (χ4v) is 3.70. The first-order chi connectivity index (χ1) is 14.1. The Bertz CT molecular complexity index is 1390. The van der Waals surface area contributed by atoms with E-state index in [1.54, 1.807) is 29.1 Å². The van der Waals surface area contributed by atoms with Crippen LogP contribution in [0.2, 0.25) is 5.02 Å². The minimum absolute atomic E-state index is 0.567. The third-order valence-corrected chi connectivity index (χ3v) is 5.02. The van der Waals surface area contributed by atoms with Gasteiger partial charge in [0.1, 0.15) is 11.3 Å². The fraction of sp³-hybridized carbons (Fsp3) is 0.0455. The molecule has 0 unspecified atom stereocenters. The highest BCUT2D eigenvalue weighted by Gasteiger charge is 2.18. The highest BCUT2D eigenvalue weighted by molar-refractivity contribution is 6.30. The molecule has 1 N–H and O–H groups in total. The second-order valence-corrected chi connectivity index (χ2v) is 7.08. The molecule has 0 radical (unpaired) electrons. The molecule has 0 aliphatic rings. The summed E-state index contributed by atoms with van der Waals surface area (Å²) in [5.41, 5.74) is 4.44. The maximum atomic E-state index is 11.3. The first-order valence-electron chi connectivity index (χ1n) is 8.96. The molecule has 0 atom stereocenters. The van der Waals surface area contributed by atoms with E-state index in [4.69, 9.17) is 16.3 Å². The lowest BCUT2D eigenvalue weighted by Gasteiger charge is -2.06. The van der Waals surface area contributed by atoms with E-state index in [2.05, 4.69) is 15.1 Å². The number of aryl methyl sites for hydroxylation is 1. The van der Waals surface area contributed by atoms with Gasteiger partial charge >= 0.3 is 0 Å². The average molecular weight is 403 g/mol. The van der Waals surface area contributed by atoms with Crippen molar-refractivity contribution in [1.82, 2.24) is 19.7 Å². The van der Waals surface area contributed by atoms with Crippen molar-refractivity contribution in [1.29, 1.82) is 0 Å². The van der Waals surface area contributed by atoms with Crippen molar-refractivity contribution in [2.75, 3.05) is 0 Å². The summed E-state index contributed by atoms with van der Waals surface area (Å²) in [6.45, 7) is 0. The quantitative estimate of drug-likeness (QED) is 0.410. The highest BCUT2D eigenvalue weighted by atomic mass is 35.5. The molecule has 0 bridgehead atoms. The van der Waals surface area contributed by atoms with Gasteiger partial charge in [-0.3, -0.25) is 14.5 Å². The van der Waals surface area contributed by atoms with Gasteiger partial charge in [0.25, 0.3) is 0 Å². The van der Waals surface area contributed by atoms with Crippen molar-refractivity contribution < 1.29 is 9.53 Å². The van der Waals surface area contributed by atoms with Crippen LogP contribution in [0.3, 0.4) is 0 Å². The molecule has 0 saturated heterocycles. The van der Waals surface area contributed by atoms with E-state index in [-0.39, 0.29) is 0 Å². The van der Waals surface area contributed by atoms with Gasteiger partial charge in [0.05, 0.1) is 22.4 Å². The normalized spacial score (nSPS) is 11.2. The summed E-state index contributed by atoms with van der Waals surface area (Å²) in [5.74, 6) is 1.28. The van der Waals surface area contributed by atoms with Crippen LogP contribution in [0.15, 0.2) is 60.8 Å². The Balaban J connectivity index is 1.66. The topological polar surface area (TPSA) is 72.8 Å². The number of aldehydes is 1. The number of hydrogen-bond donors (Lipinski definition) is 1. The number of rotatable bonds is 4. The van der Waals surface area contributed by atoms with Gasteiger partial charge in [0, 0.05) is 29.2 Å². The van der Waals surface area contributed by atoms with Crippen LogP contribution in [0, 0.1) is 0 Å². The standard InChI is InChI=1S/C22H15ClN4O2/c1-27-22(18-11-17-20(25-18)13(12-28)8-9-24-17)16-6-3-7-19(21(16)26-27)29-15-5-2-4-14(23)10-15/h2-12,25H,1H3. The first kappa shape index (κ1) is 17.5. The molecule has 142 valence electrons. The number of halogens is 1. The molecule has 0 spiro atoms. The molecule has 7 heteroatoms. The molecule has 5 rings (SSSR count). The third-order valence-electron chi connectivity index (χ3n) is 4.79. The zero-order chi connectivity index (χ0) is 20.0. The molecule has 2 aromatic carbocycles. The summed E-state index contributed by atoms with van der Waals surface area (Å²) in [6, 6.07) is 16.6. The number of hydrogen-bond acceptors (Lipinski definition) is 4. The van der Waals surface area contributed by atoms with Gasteiger partial charge in [-0.25, -0.2) is 0 Å². The highest BCUT2D eigenvalue weighted by Crippen LogP contribution is 2.36. The number of aromatic nitrogens is 4. The summed E-state index contributed by atoms with van der Waals surface area (Å²) in [7, 11) is 1.87. The summed E-state index contributed by atoms with van der Waals surface area (Å²) < 4.78 is 7.84. The monoisotopic (exact) mass is 402 g/mol. The van der Waals surface area contributed by atoms with Gasteiger partial charge in [0.15, 0.2) is 12.0 Å². The molecule has 0 amide bonds. The number of benzene rings is 2. The second kappa shape index (κ2) is 6.76. The van der Waals surface area contributed by atoms with Gasteiger partial charge in [-0.15, -0.1) is 0 Å². The number of nitrogens with one attached hydrogen (secondary N) is 1. The predicted molar refractivity (Wildman–Crippen MR) is 113 cm³/mol. The van der Waals surface area contributed by atoms with E-state index in [0.717, 1.165) is 34.1 Å². The van der Waals surface area contributed by atoms with Crippen molar-refractivity contribution in [2.45, 2.75) is 0 Å². The number of fused-ring (bicyclic) bond motifs is 2. The zero-order valence-electron chi connectivity index (χ0n) is 15.4. The Labute approximate surface area is 170 Å². The third kappa shape index (κ3) is 2.94. The van der Waals surface area contributed by atoms with Crippen LogP contribution in [0.4, 0.5) is 0 Å². The van der Waals surface area contributed by atoms with Gasteiger partial charge in [0.2, 0.25) is 0 Å². The number of nitrogens with zero attached hydrogens (tertiary/aromatic N) is 3. The predicted octanol–water partition coefficient (Wildman–Crippen LogP) is 5.37. The Kier molecular flexibility index (Phi) is 4.07. The van der Waals surface area contributed by atoms with Crippen molar-refractivity contribution in [2.24, 2.45) is 7.05 Å². The number of carbonyl (C=O) groups excluding carboxylic acids is 1. The average Bonchev–Trinajstić information content (AvgIpc) is 3.28. The molecule has 0 aliphatic carbocycles. The maximum absolute atomic E-state index is 11.3. The van der Waals surface area contributed by atoms with Crippen molar-refractivity contribution in [3.8, 4) is 22.9 Å². The van der Waals surface area contributed by atoms with Gasteiger partial charge in [-0.1, -0.05) is 29.8 Å². The van der Waals surface area contributed by atoms with E-state index in [1.807, 2.05) is 43.4 Å². The largest absolute Gasteiger partial charge is 0.455 e. The van der Waals surface area contributed by atoms with Crippen LogP contribution >= 0.6 is 11.6 Å². The molecular weight excluding hydrogens is 388 g/mol. The van der Waals surface area contributed by atoms with E-state index < -0.39 is 0 Å². The Morgan fingerprint density at radius 2 is 2.00 bits per heavy atom. The molecule has 0 saturated carbocycles. The Morgan fingerprint density at radius 1 is 1.14 bits per heavy atom. The van der Waals surface area contributed by atoms with Gasteiger partial charge < -0.3 is 9.72 Å². The molecule has 3 heterocycles. The lowest BCUT2D eigenvalue weighted by Crippen LogP contribution is -1.93.